The van der Waals surface area contributed by atoms with Gasteiger partial charge in [0.1, 0.15) is 4.32 Å². The molecule has 0 aliphatic carbocycles. The Balaban J connectivity index is 2.85. The summed E-state index contributed by atoms with van der Waals surface area (Å²) in [6, 6.07) is 9.19. The Bertz CT molecular complexity index is 306. The van der Waals surface area contributed by atoms with E-state index in [4.69, 9.17) is 4.74 Å². The van der Waals surface area contributed by atoms with Gasteiger partial charge in [0, 0.05) is 12.7 Å². The Hall–Kier alpha value is -0.670. The van der Waals surface area contributed by atoms with Crippen LogP contribution in [-0.4, -0.2) is 23.8 Å². The second kappa shape index (κ2) is 4.71. The smallest absolute Gasteiger partial charge is 0.181 e. The predicted octanol–water partition coefficient (Wildman–Crippen LogP) is 2.67. The van der Waals surface area contributed by atoms with Gasteiger partial charge in [-0.3, -0.25) is 4.79 Å². The zero-order valence-corrected chi connectivity index (χ0v) is 9.87. The maximum Gasteiger partial charge on any atom is 0.181 e. The van der Waals surface area contributed by atoms with Crippen molar-refractivity contribution in [1.29, 1.82) is 0 Å². The number of ketones is 1. The Morgan fingerprint density at radius 2 is 2.00 bits per heavy atom. The van der Waals surface area contributed by atoms with E-state index in [1.165, 1.54) is 0 Å². The van der Waals surface area contributed by atoms with Crippen LogP contribution in [0.15, 0.2) is 30.3 Å². The van der Waals surface area contributed by atoms with Gasteiger partial charge < -0.3 is 4.74 Å². The molecule has 0 saturated heterocycles. The van der Waals surface area contributed by atoms with E-state index in [2.05, 4.69) is 15.9 Å². The lowest BCUT2D eigenvalue weighted by molar-refractivity contribution is 0.0878. The summed E-state index contributed by atoms with van der Waals surface area (Å²) >= 11 is 3.37. The van der Waals surface area contributed by atoms with E-state index in [0.29, 0.717) is 12.2 Å². The molecule has 2 nitrogen and oxygen atoms in total. The first-order chi connectivity index (χ1) is 6.58. The molecular weight excluding hydrogens is 244 g/mol. The molecule has 1 aromatic rings. The van der Waals surface area contributed by atoms with Gasteiger partial charge in [-0.05, 0) is 6.92 Å². The lowest BCUT2D eigenvalue weighted by Crippen LogP contribution is -2.33. The number of rotatable bonds is 4. The molecule has 14 heavy (non-hydrogen) atoms. The van der Waals surface area contributed by atoms with Crippen molar-refractivity contribution in [1.82, 2.24) is 0 Å². The van der Waals surface area contributed by atoms with Gasteiger partial charge in [0.05, 0.1) is 6.61 Å². The first-order valence-electron chi connectivity index (χ1n) is 4.35. The van der Waals surface area contributed by atoms with E-state index in [0.717, 1.165) is 0 Å². The third-order valence-electron chi connectivity index (χ3n) is 1.92. The van der Waals surface area contributed by atoms with E-state index in [9.17, 15) is 4.79 Å². The van der Waals surface area contributed by atoms with E-state index in [1.807, 2.05) is 25.1 Å². The van der Waals surface area contributed by atoms with Gasteiger partial charge >= 0.3 is 0 Å². The summed E-state index contributed by atoms with van der Waals surface area (Å²) in [7, 11) is 1.58. The highest BCUT2D eigenvalue weighted by Gasteiger charge is 2.30. The minimum atomic E-state index is -0.636. The normalized spacial score (nSPS) is 14.8. The maximum absolute atomic E-state index is 11.9. The molecule has 76 valence electrons. The molecule has 1 atom stereocenters. The molecule has 1 aromatic carbocycles. The van der Waals surface area contributed by atoms with Gasteiger partial charge in [0.15, 0.2) is 5.78 Å². The summed E-state index contributed by atoms with van der Waals surface area (Å²) in [5, 5.41) is 0. The largest absolute Gasteiger partial charge is 0.383 e. The molecule has 0 radical (unpaired) electrons. The summed E-state index contributed by atoms with van der Waals surface area (Å²) in [4.78, 5) is 11.9. The molecular formula is C11H13BrO2. The van der Waals surface area contributed by atoms with Crippen molar-refractivity contribution in [2.75, 3.05) is 13.7 Å². The fourth-order valence-corrected chi connectivity index (χ4v) is 1.68. The molecule has 0 aromatic heterocycles. The van der Waals surface area contributed by atoms with Crippen LogP contribution in [0.1, 0.15) is 17.3 Å². The molecule has 1 rings (SSSR count). The van der Waals surface area contributed by atoms with Crippen LogP contribution in [0.2, 0.25) is 0 Å². The number of halogens is 1. The monoisotopic (exact) mass is 256 g/mol. The first kappa shape index (κ1) is 11.4. The van der Waals surface area contributed by atoms with Crippen molar-refractivity contribution in [3.05, 3.63) is 35.9 Å². The van der Waals surface area contributed by atoms with Crippen LogP contribution in [0.3, 0.4) is 0 Å². The van der Waals surface area contributed by atoms with Crippen LogP contribution in [0, 0.1) is 0 Å². The number of hydrogen-bond donors (Lipinski definition) is 0. The predicted molar refractivity (Wildman–Crippen MR) is 60.0 cm³/mol. The number of carbonyl (C=O) groups excluding carboxylic acids is 1. The molecule has 0 saturated carbocycles. The zero-order valence-electron chi connectivity index (χ0n) is 8.29. The standard InChI is InChI=1S/C11H13BrO2/c1-11(12,8-14-2)10(13)9-6-4-3-5-7-9/h3-7H,8H2,1-2H3. The molecule has 0 spiro atoms. The highest BCUT2D eigenvalue weighted by atomic mass is 79.9. The Morgan fingerprint density at radius 1 is 1.43 bits per heavy atom. The third kappa shape index (κ3) is 2.66. The van der Waals surface area contributed by atoms with Gasteiger partial charge in [-0.15, -0.1) is 0 Å². The van der Waals surface area contributed by atoms with Crippen molar-refractivity contribution >= 4 is 21.7 Å². The van der Waals surface area contributed by atoms with Crippen LogP contribution in [0.4, 0.5) is 0 Å². The summed E-state index contributed by atoms with van der Waals surface area (Å²) in [6.07, 6.45) is 0. The average Bonchev–Trinajstić information content (AvgIpc) is 2.18. The average molecular weight is 257 g/mol. The minimum Gasteiger partial charge on any atom is -0.383 e. The highest BCUT2D eigenvalue weighted by Crippen LogP contribution is 2.23. The second-order valence-electron chi connectivity index (χ2n) is 3.33. The van der Waals surface area contributed by atoms with E-state index < -0.39 is 4.32 Å². The lowest BCUT2D eigenvalue weighted by atomic mass is 10.00. The van der Waals surface area contributed by atoms with Gasteiger partial charge in [-0.1, -0.05) is 46.3 Å². The fourth-order valence-electron chi connectivity index (χ4n) is 1.23. The van der Waals surface area contributed by atoms with Crippen molar-refractivity contribution in [3.8, 4) is 0 Å². The quantitative estimate of drug-likeness (QED) is 0.612. The molecule has 0 amide bonds. The summed E-state index contributed by atoms with van der Waals surface area (Å²) in [6.45, 7) is 2.17. The van der Waals surface area contributed by atoms with E-state index in [1.54, 1.807) is 19.2 Å². The van der Waals surface area contributed by atoms with Crippen LogP contribution in [0.25, 0.3) is 0 Å². The van der Waals surface area contributed by atoms with E-state index >= 15 is 0 Å². The van der Waals surface area contributed by atoms with Crippen molar-refractivity contribution in [2.45, 2.75) is 11.2 Å². The Labute approximate surface area is 92.4 Å². The first-order valence-corrected chi connectivity index (χ1v) is 5.15. The Morgan fingerprint density at radius 3 is 2.50 bits per heavy atom. The van der Waals surface area contributed by atoms with Gasteiger partial charge in [-0.2, -0.15) is 0 Å². The molecule has 1 unspecified atom stereocenters. The molecule has 0 fully saturated rings. The number of carbonyl (C=O) groups is 1. The molecule has 0 heterocycles. The van der Waals surface area contributed by atoms with Crippen molar-refractivity contribution in [3.63, 3.8) is 0 Å². The number of methoxy groups -OCH3 is 1. The second-order valence-corrected chi connectivity index (χ2v) is 5.08. The number of alkyl halides is 1. The van der Waals surface area contributed by atoms with Crippen LogP contribution in [-0.2, 0) is 4.74 Å². The summed E-state index contributed by atoms with van der Waals surface area (Å²) in [5.41, 5.74) is 0.698. The van der Waals surface area contributed by atoms with Crippen LogP contribution in [0.5, 0.6) is 0 Å². The molecule has 0 aliphatic heterocycles. The summed E-state index contributed by atoms with van der Waals surface area (Å²) in [5.74, 6) is 0.0416. The number of Topliss-reactive ketones (excluding diaryl/α,β-unsaturated/α-hetero) is 1. The molecule has 0 bridgehead atoms. The van der Waals surface area contributed by atoms with Gasteiger partial charge in [0.2, 0.25) is 0 Å². The van der Waals surface area contributed by atoms with Gasteiger partial charge in [0.25, 0.3) is 0 Å². The minimum absolute atomic E-state index is 0.0416. The number of hydrogen-bond acceptors (Lipinski definition) is 2. The SMILES string of the molecule is COCC(C)(Br)C(=O)c1ccccc1. The Kier molecular flexibility index (Phi) is 3.84. The summed E-state index contributed by atoms with van der Waals surface area (Å²) < 4.78 is 4.35. The third-order valence-corrected chi connectivity index (χ3v) is 2.51. The fraction of sp³-hybridized carbons (Fsp3) is 0.364. The number of ether oxygens (including phenoxy) is 1. The maximum atomic E-state index is 11.9. The molecule has 0 aliphatic rings. The van der Waals surface area contributed by atoms with Crippen molar-refractivity contribution in [2.24, 2.45) is 0 Å². The van der Waals surface area contributed by atoms with E-state index in [-0.39, 0.29) is 5.78 Å². The van der Waals surface area contributed by atoms with Crippen LogP contribution >= 0.6 is 15.9 Å². The lowest BCUT2D eigenvalue weighted by Gasteiger charge is -2.19. The topological polar surface area (TPSA) is 26.3 Å². The van der Waals surface area contributed by atoms with Gasteiger partial charge in [-0.25, -0.2) is 0 Å². The van der Waals surface area contributed by atoms with Crippen LogP contribution < -0.4 is 0 Å². The number of benzene rings is 1. The zero-order chi connectivity index (χ0) is 10.6. The van der Waals surface area contributed by atoms with Crippen molar-refractivity contribution < 1.29 is 9.53 Å². The molecule has 3 heteroatoms. The highest BCUT2D eigenvalue weighted by molar-refractivity contribution is 9.10. The molecule has 0 N–H and O–H groups in total.